The number of carboxylic acid groups (broad SMARTS) is 1. The highest BCUT2D eigenvalue weighted by Crippen LogP contribution is 2.47. The number of amides is 1. The third kappa shape index (κ3) is 3.63. The van der Waals surface area contributed by atoms with E-state index in [1.54, 1.807) is 0 Å². The average Bonchev–Trinajstić information content (AvgIpc) is 2.96. The Hall–Kier alpha value is -2.08. The van der Waals surface area contributed by atoms with Crippen molar-refractivity contribution in [3.05, 3.63) is 35.9 Å². The van der Waals surface area contributed by atoms with Crippen LogP contribution >= 0.6 is 0 Å². The number of nitrogens with zero attached hydrogens (tertiary/aromatic N) is 1. The first kappa shape index (κ1) is 17.7. The zero-order chi connectivity index (χ0) is 18.1. The van der Waals surface area contributed by atoms with Crippen LogP contribution in [0.2, 0.25) is 0 Å². The van der Waals surface area contributed by atoms with Gasteiger partial charge in [-0.2, -0.15) is 0 Å². The smallest absolute Gasteiger partial charge is 0.413 e. The Kier molecular flexibility index (Phi) is 4.73. The van der Waals surface area contributed by atoms with Crippen LogP contribution in [0.5, 0.6) is 0 Å². The minimum absolute atomic E-state index is 0.0101. The van der Waals surface area contributed by atoms with Crippen molar-refractivity contribution < 1.29 is 24.2 Å². The van der Waals surface area contributed by atoms with Crippen molar-refractivity contribution in [1.29, 1.82) is 0 Å². The molecule has 0 bridgehead atoms. The quantitative estimate of drug-likeness (QED) is 0.907. The average molecular weight is 347 g/mol. The summed E-state index contributed by atoms with van der Waals surface area (Å²) < 4.78 is 11.3. The molecule has 25 heavy (non-hydrogen) atoms. The van der Waals surface area contributed by atoms with Gasteiger partial charge in [-0.05, 0) is 36.7 Å². The van der Waals surface area contributed by atoms with Gasteiger partial charge >= 0.3 is 12.1 Å². The maximum absolute atomic E-state index is 12.7. The Morgan fingerprint density at radius 3 is 2.44 bits per heavy atom. The van der Waals surface area contributed by atoms with Gasteiger partial charge in [0.25, 0.3) is 0 Å². The van der Waals surface area contributed by atoms with E-state index in [9.17, 15) is 14.7 Å². The van der Waals surface area contributed by atoms with Gasteiger partial charge in [0, 0.05) is 0 Å². The van der Waals surface area contributed by atoms with Gasteiger partial charge in [-0.1, -0.05) is 44.2 Å². The van der Waals surface area contributed by atoms with Crippen molar-refractivity contribution in [1.82, 2.24) is 4.90 Å². The summed E-state index contributed by atoms with van der Waals surface area (Å²) in [6.45, 7) is 4.49. The lowest BCUT2D eigenvalue weighted by Gasteiger charge is -2.45. The minimum Gasteiger partial charge on any atom is -0.480 e. The lowest BCUT2D eigenvalue weighted by Crippen LogP contribution is -2.55. The summed E-state index contributed by atoms with van der Waals surface area (Å²) in [5.41, 5.74) is 0.184. The first-order valence-corrected chi connectivity index (χ1v) is 8.70. The summed E-state index contributed by atoms with van der Waals surface area (Å²) in [5, 5.41) is 9.51. The molecule has 1 spiro atoms. The van der Waals surface area contributed by atoms with E-state index in [0.717, 1.165) is 18.4 Å². The first-order chi connectivity index (χ1) is 11.8. The number of aliphatic carboxylic acids is 1. The van der Waals surface area contributed by atoms with Crippen LogP contribution < -0.4 is 0 Å². The summed E-state index contributed by atoms with van der Waals surface area (Å²) in [7, 11) is 0. The highest BCUT2D eigenvalue weighted by atomic mass is 16.6. The maximum atomic E-state index is 12.7. The molecule has 3 rings (SSSR count). The molecule has 136 valence electrons. The maximum Gasteiger partial charge on any atom is 0.413 e. The van der Waals surface area contributed by atoms with Gasteiger partial charge in [-0.15, -0.1) is 0 Å². The van der Waals surface area contributed by atoms with Gasteiger partial charge in [0.05, 0.1) is 6.61 Å². The van der Waals surface area contributed by atoms with Gasteiger partial charge in [-0.3, -0.25) is 4.90 Å². The van der Waals surface area contributed by atoms with Crippen LogP contribution in [-0.4, -0.2) is 40.4 Å². The number of carboxylic acids is 1. The number of hydrogen-bond acceptors (Lipinski definition) is 4. The van der Waals surface area contributed by atoms with Gasteiger partial charge < -0.3 is 14.6 Å². The van der Waals surface area contributed by atoms with Crippen molar-refractivity contribution in [3.8, 4) is 0 Å². The largest absolute Gasteiger partial charge is 0.480 e. The molecular formula is C19H25NO5. The van der Waals surface area contributed by atoms with Crippen molar-refractivity contribution >= 4 is 12.1 Å². The summed E-state index contributed by atoms with van der Waals surface area (Å²) in [5.74, 6) is -1.06. The van der Waals surface area contributed by atoms with Crippen LogP contribution in [0.3, 0.4) is 0 Å². The predicted octanol–water partition coefficient (Wildman–Crippen LogP) is 3.41. The van der Waals surface area contributed by atoms with E-state index in [-0.39, 0.29) is 18.6 Å². The summed E-state index contributed by atoms with van der Waals surface area (Å²) in [4.78, 5) is 25.7. The van der Waals surface area contributed by atoms with E-state index in [1.807, 2.05) is 30.3 Å². The molecule has 0 aromatic heterocycles. The molecule has 0 radical (unpaired) electrons. The first-order valence-electron chi connectivity index (χ1n) is 8.70. The molecule has 1 N–H and O–H groups in total. The van der Waals surface area contributed by atoms with E-state index in [4.69, 9.17) is 9.47 Å². The Labute approximate surface area is 147 Å². The molecule has 1 aromatic carbocycles. The molecule has 1 unspecified atom stereocenters. The van der Waals surface area contributed by atoms with Gasteiger partial charge in [0.15, 0.2) is 6.04 Å². The highest BCUT2D eigenvalue weighted by Gasteiger charge is 2.55. The summed E-state index contributed by atoms with van der Waals surface area (Å²) in [6, 6.07) is 8.35. The second-order valence-corrected chi connectivity index (χ2v) is 7.69. The highest BCUT2D eigenvalue weighted by molar-refractivity contribution is 5.81. The van der Waals surface area contributed by atoms with Crippen LogP contribution in [0.1, 0.15) is 45.1 Å². The van der Waals surface area contributed by atoms with Crippen LogP contribution in [0.4, 0.5) is 4.79 Å². The molecule has 1 aromatic rings. The molecule has 1 saturated carbocycles. The van der Waals surface area contributed by atoms with Gasteiger partial charge in [0.2, 0.25) is 0 Å². The van der Waals surface area contributed by atoms with Crippen molar-refractivity contribution in [2.24, 2.45) is 5.41 Å². The fourth-order valence-electron chi connectivity index (χ4n) is 3.63. The molecule has 1 saturated heterocycles. The molecule has 1 aliphatic carbocycles. The molecule has 1 atom stereocenters. The Balaban J connectivity index is 1.76. The normalized spacial score (nSPS) is 24.2. The third-order valence-electron chi connectivity index (χ3n) is 5.33. The van der Waals surface area contributed by atoms with E-state index in [1.165, 1.54) is 4.90 Å². The molecule has 6 heteroatoms. The summed E-state index contributed by atoms with van der Waals surface area (Å²) >= 11 is 0. The monoisotopic (exact) mass is 347 g/mol. The van der Waals surface area contributed by atoms with Crippen LogP contribution in [-0.2, 0) is 20.9 Å². The number of carbonyl (C=O) groups excluding carboxylic acids is 1. The van der Waals surface area contributed by atoms with Crippen LogP contribution in [0, 0.1) is 5.41 Å². The molecule has 2 aliphatic rings. The zero-order valence-electron chi connectivity index (χ0n) is 14.7. The molecular weight excluding hydrogens is 322 g/mol. The topological polar surface area (TPSA) is 76.1 Å². The standard InChI is InChI=1S/C19H25NO5/c1-18(2)8-10-19(11-9-18)20(15(13-25-19)16(21)22)17(23)24-12-14-6-4-3-5-7-14/h3-7,15H,8-13H2,1-2H3,(H,21,22). The van der Waals surface area contributed by atoms with Gasteiger partial charge in [-0.25, -0.2) is 9.59 Å². The van der Waals surface area contributed by atoms with Crippen LogP contribution in [0.15, 0.2) is 30.3 Å². The lowest BCUT2D eigenvalue weighted by molar-refractivity contribution is -0.145. The van der Waals surface area contributed by atoms with Gasteiger partial charge in [0.1, 0.15) is 12.3 Å². The van der Waals surface area contributed by atoms with Crippen LogP contribution in [0.25, 0.3) is 0 Å². The number of hydrogen-bond donors (Lipinski definition) is 1. The Bertz CT molecular complexity index is 632. The predicted molar refractivity (Wildman–Crippen MR) is 90.8 cm³/mol. The Morgan fingerprint density at radius 2 is 1.84 bits per heavy atom. The van der Waals surface area contributed by atoms with E-state index in [2.05, 4.69) is 13.8 Å². The second-order valence-electron chi connectivity index (χ2n) is 7.69. The second kappa shape index (κ2) is 6.67. The van der Waals surface area contributed by atoms with Crippen molar-refractivity contribution in [2.45, 2.75) is 57.9 Å². The lowest BCUT2D eigenvalue weighted by atomic mass is 9.73. The van der Waals surface area contributed by atoms with Crippen molar-refractivity contribution in [3.63, 3.8) is 0 Å². The number of benzene rings is 1. The van der Waals surface area contributed by atoms with Crippen molar-refractivity contribution in [2.75, 3.05) is 6.61 Å². The number of ether oxygens (including phenoxy) is 2. The fraction of sp³-hybridized carbons (Fsp3) is 0.579. The zero-order valence-corrected chi connectivity index (χ0v) is 14.7. The SMILES string of the molecule is CC1(C)CCC2(CC1)OCC(C(=O)O)N2C(=O)OCc1ccccc1. The minimum atomic E-state index is -1.06. The van der Waals surface area contributed by atoms with E-state index >= 15 is 0 Å². The summed E-state index contributed by atoms with van der Waals surface area (Å²) in [6.07, 6.45) is 2.39. The molecule has 1 amide bonds. The molecule has 1 heterocycles. The Morgan fingerprint density at radius 1 is 1.20 bits per heavy atom. The number of carbonyl (C=O) groups is 2. The van der Waals surface area contributed by atoms with E-state index < -0.39 is 23.8 Å². The molecule has 6 nitrogen and oxygen atoms in total. The molecule has 2 fully saturated rings. The number of rotatable bonds is 3. The van der Waals surface area contributed by atoms with E-state index in [0.29, 0.717) is 12.8 Å². The third-order valence-corrected chi connectivity index (χ3v) is 5.33. The fourth-order valence-corrected chi connectivity index (χ4v) is 3.63. The molecule has 1 aliphatic heterocycles.